The lowest BCUT2D eigenvalue weighted by molar-refractivity contribution is -0.384. The standard InChI is InChI=1S/C14H18N2O5/c1-15(9-14(19)6-2-3-7-14)12-8-10(13(17)18)4-5-11(12)16(20)21/h4-5,8,19H,2-3,6-7,9H2,1H3,(H,17,18). The number of benzene rings is 1. The molecule has 0 atom stereocenters. The first-order valence-corrected chi connectivity index (χ1v) is 6.78. The minimum absolute atomic E-state index is 0.0131. The second-order valence-electron chi connectivity index (χ2n) is 5.55. The van der Waals surface area contributed by atoms with E-state index in [1.54, 1.807) is 11.9 Å². The fourth-order valence-electron chi connectivity index (χ4n) is 2.83. The van der Waals surface area contributed by atoms with Crippen molar-refractivity contribution >= 4 is 17.3 Å². The Hall–Kier alpha value is -2.15. The van der Waals surface area contributed by atoms with Gasteiger partial charge in [0.1, 0.15) is 5.69 Å². The molecular weight excluding hydrogens is 276 g/mol. The van der Waals surface area contributed by atoms with Gasteiger partial charge in [-0.05, 0) is 25.0 Å². The van der Waals surface area contributed by atoms with Gasteiger partial charge in [-0.25, -0.2) is 4.79 Å². The van der Waals surface area contributed by atoms with Crippen LogP contribution in [0.4, 0.5) is 11.4 Å². The van der Waals surface area contributed by atoms with Crippen LogP contribution >= 0.6 is 0 Å². The number of anilines is 1. The number of nitrogens with zero attached hydrogens (tertiary/aromatic N) is 2. The first kappa shape index (κ1) is 15.2. The van der Waals surface area contributed by atoms with Crippen LogP contribution in [0.15, 0.2) is 18.2 Å². The minimum atomic E-state index is -1.14. The smallest absolute Gasteiger partial charge is 0.335 e. The van der Waals surface area contributed by atoms with Crippen LogP contribution in [-0.4, -0.2) is 40.3 Å². The Kier molecular flexibility index (Phi) is 4.13. The highest BCUT2D eigenvalue weighted by atomic mass is 16.6. The van der Waals surface area contributed by atoms with Crippen molar-refractivity contribution in [3.05, 3.63) is 33.9 Å². The Labute approximate surface area is 122 Å². The van der Waals surface area contributed by atoms with Gasteiger partial charge in [0, 0.05) is 19.7 Å². The van der Waals surface area contributed by atoms with Gasteiger partial charge >= 0.3 is 5.97 Å². The SMILES string of the molecule is CN(CC1(O)CCCC1)c1cc(C(=O)O)ccc1[N+](=O)[O-]. The number of carbonyl (C=O) groups is 1. The lowest BCUT2D eigenvalue weighted by Gasteiger charge is -2.29. The van der Waals surface area contributed by atoms with Crippen LogP contribution in [0.25, 0.3) is 0 Å². The number of aliphatic hydroxyl groups is 1. The van der Waals surface area contributed by atoms with Crippen LogP contribution in [0.1, 0.15) is 36.0 Å². The molecule has 0 aromatic heterocycles. The molecule has 2 rings (SSSR count). The van der Waals surface area contributed by atoms with Crippen molar-refractivity contribution in [1.82, 2.24) is 0 Å². The van der Waals surface area contributed by atoms with Crippen molar-refractivity contribution < 1.29 is 19.9 Å². The molecule has 7 nitrogen and oxygen atoms in total. The first-order valence-electron chi connectivity index (χ1n) is 6.78. The maximum atomic E-state index is 11.1. The third-order valence-electron chi connectivity index (χ3n) is 3.90. The first-order chi connectivity index (χ1) is 9.82. The second-order valence-corrected chi connectivity index (χ2v) is 5.55. The van der Waals surface area contributed by atoms with Crippen LogP contribution in [0, 0.1) is 10.1 Å². The zero-order chi connectivity index (χ0) is 15.6. The molecular formula is C14H18N2O5. The lowest BCUT2D eigenvalue weighted by atomic mass is 10.0. The molecule has 0 spiro atoms. The van der Waals surface area contributed by atoms with Crippen molar-refractivity contribution in [2.75, 3.05) is 18.5 Å². The van der Waals surface area contributed by atoms with Gasteiger partial charge in [-0.15, -0.1) is 0 Å². The number of hydrogen-bond donors (Lipinski definition) is 2. The molecule has 0 radical (unpaired) electrons. The number of rotatable bonds is 5. The van der Waals surface area contributed by atoms with Gasteiger partial charge in [-0.1, -0.05) is 12.8 Å². The molecule has 1 aliphatic rings. The highest BCUT2D eigenvalue weighted by Gasteiger charge is 2.33. The average molecular weight is 294 g/mol. The molecule has 114 valence electrons. The number of aromatic carboxylic acids is 1. The van der Waals surface area contributed by atoms with Crippen molar-refractivity contribution in [2.45, 2.75) is 31.3 Å². The summed E-state index contributed by atoms with van der Waals surface area (Å²) in [4.78, 5) is 23.1. The Morgan fingerprint density at radius 2 is 2.05 bits per heavy atom. The largest absolute Gasteiger partial charge is 0.478 e. The molecule has 0 heterocycles. The van der Waals surface area contributed by atoms with E-state index in [0.29, 0.717) is 12.8 Å². The molecule has 1 aliphatic carbocycles. The Bertz CT molecular complexity index is 566. The summed E-state index contributed by atoms with van der Waals surface area (Å²) in [6.07, 6.45) is 3.18. The summed E-state index contributed by atoms with van der Waals surface area (Å²) in [5.41, 5.74) is -0.827. The van der Waals surface area contributed by atoms with Gasteiger partial charge < -0.3 is 15.1 Å². The molecule has 0 unspecified atom stereocenters. The molecule has 7 heteroatoms. The molecule has 1 aromatic carbocycles. The highest BCUT2D eigenvalue weighted by molar-refractivity contribution is 5.90. The van der Waals surface area contributed by atoms with E-state index in [-0.39, 0.29) is 23.5 Å². The summed E-state index contributed by atoms with van der Waals surface area (Å²) in [6.45, 7) is 0.247. The third-order valence-corrected chi connectivity index (χ3v) is 3.90. The Morgan fingerprint density at radius 1 is 1.43 bits per heavy atom. The van der Waals surface area contributed by atoms with Gasteiger partial charge in [0.2, 0.25) is 0 Å². The predicted octanol–water partition coefficient (Wildman–Crippen LogP) is 2.03. The van der Waals surface area contributed by atoms with Crippen molar-refractivity contribution in [3.63, 3.8) is 0 Å². The Balaban J connectivity index is 2.32. The van der Waals surface area contributed by atoms with Crippen LogP contribution in [0.3, 0.4) is 0 Å². The topological polar surface area (TPSA) is 104 Å². The monoisotopic (exact) mass is 294 g/mol. The van der Waals surface area contributed by atoms with E-state index in [2.05, 4.69) is 0 Å². The maximum absolute atomic E-state index is 11.1. The van der Waals surface area contributed by atoms with Gasteiger partial charge in [-0.3, -0.25) is 10.1 Å². The third kappa shape index (κ3) is 3.30. The molecule has 0 bridgehead atoms. The molecule has 0 saturated heterocycles. The number of likely N-dealkylation sites (N-methyl/N-ethyl adjacent to an activating group) is 1. The summed E-state index contributed by atoms with van der Waals surface area (Å²) in [7, 11) is 1.63. The number of carboxylic acid groups (broad SMARTS) is 1. The quantitative estimate of drug-likeness (QED) is 0.636. The number of nitro groups is 1. The molecule has 0 amide bonds. The fourth-order valence-corrected chi connectivity index (χ4v) is 2.83. The van der Waals surface area contributed by atoms with E-state index in [1.807, 2.05) is 0 Å². The lowest BCUT2D eigenvalue weighted by Crippen LogP contribution is -2.39. The molecule has 2 N–H and O–H groups in total. The molecule has 0 aliphatic heterocycles. The fraction of sp³-hybridized carbons (Fsp3) is 0.500. The number of hydrogen-bond acceptors (Lipinski definition) is 5. The summed E-state index contributed by atoms with van der Waals surface area (Å²) in [6, 6.07) is 3.68. The van der Waals surface area contributed by atoms with Gasteiger partial charge in [0.15, 0.2) is 0 Å². The molecule has 1 fully saturated rings. The van der Waals surface area contributed by atoms with Gasteiger partial charge in [-0.2, -0.15) is 0 Å². The molecule has 1 aromatic rings. The van der Waals surface area contributed by atoms with Crippen molar-refractivity contribution in [2.24, 2.45) is 0 Å². The molecule has 21 heavy (non-hydrogen) atoms. The summed E-state index contributed by atoms with van der Waals surface area (Å²) < 4.78 is 0. The van der Waals surface area contributed by atoms with Crippen LogP contribution < -0.4 is 4.90 Å². The van der Waals surface area contributed by atoms with E-state index in [0.717, 1.165) is 12.8 Å². The summed E-state index contributed by atoms with van der Waals surface area (Å²) in [5.74, 6) is -1.14. The zero-order valence-electron chi connectivity index (χ0n) is 11.8. The zero-order valence-corrected chi connectivity index (χ0v) is 11.8. The van der Waals surface area contributed by atoms with E-state index < -0.39 is 16.5 Å². The summed E-state index contributed by atoms with van der Waals surface area (Å²) >= 11 is 0. The van der Waals surface area contributed by atoms with E-state index in [4.69, 9.17) is 5.11 Å². The van der Waals surface area contributed by atoms with Crippen molar-refractivity contribution in [1.29, 1.82) is 0 Å². The van der Waals surface area contributed by atoms with Crippen molar-refractivity contribution in [3.8, 4) is 0 Å². The minimum Gasteiger partial charge on any atom is -0.478 e. The average Bonchev–Trinajstić information content (AvgIpc) is 2.84. The number of nitro benzene ring substituents is 1. The van der Waals surface area contributed by atoms with E-state index in [9.17, 15) is 20.0 Å². The molecule has 1 saturated carbocycles. The normalized spacial score (nSPS) is 16.7. The number of carboxylic acids is 1. The predicted molar refractivity (Wildman–Crippen MR) is 76.7 cm³/mol. The van der Waals surface area contributed by atoms with Crippen LogP contribution in [-0.2, 0) is 0 Å². The maximum Gasteiger partial charge on any atom is 0.335 e. The second kappa shape index (κ2) is 5.69. The summed E-state index contributed by atoms with van der Waals surface area (Å²) in [5, 5.41) is 30.5. The van der Waals surface area contributed by atoms with Gasteiger partial charge in [0.25, 0.3) is 5.69 Å². The Morgan fingerprint density at radius 3 is 2.57 bits per heavy atom. The van der Waals surface area contributed by atoms with Crippen LogP contribution in [0.2, 0.25) is 0 Å². The van der Waals surface area contributed by atoms with E-state index >= 15 is 0 Å². The highest BCUT2D eigenvalue weighted by Crippen LogP contribution is 2.34. The van der Waals surface area contributed by atoms with E-state index in [1.165, 1.54) is 18.2 Å². The van der Waals surface area contributed by atoms with Gasteiger partial charge in [0.05, 0.1) is 16.1 Å². The van der Waals surface area contributed by atoms with Crippen LogP contribution in [0.5, 0.6) is 0 Å².